The van der Waals surface area contributed by atoms with Crippen molar-refractivity contribution in [1.82, 2.24) is 5.43 Å². The van der Waals surface area contributed by atoms with E-state index >= 15 is 0 Å². The number of carbonyl (C=O) groups is 1. The summed E-state index contributed by atoms with van der Waals surface area (Å²) < 4.78 is 10.2. The van der Waals surface area contributed by atoms with Gasteiger partial charge in [-0.2, -0.15) is 5.10 Å². The SMILES string of the molecule is O=C(NN=Cc1cc2c(cc1[N+](=O)[O-])OCO2)c1ccc([N+](=O)[O-])cc1. The number of hydrogen-bond acceptors (Lipinski definition) is 8. The topological polar surface area (TPSA) is 146 Å². The van der Waals surface area contributed by atoms with Crippen molar-refractivity contribution in [3.63, 3.8) is 0 Å². The van der Waals surface area contributed by atoms with Crippen LogP contribution in [0.25, 0.3) is 0 Å². The fourth-order valence-electron chi connectivity index (χ4n) is 2.17. The first-order valence-electron chi connectivity index (χ1n) is 7.11. The Morgan fingerprint density at radius 2 is 1.73 bits per heavy atom. The molecule has 3 rings (SSSR count). The quantitative estimate of drug-likeness (QED) is 0.488. The lowest BCUT2D eigenvalue weighted by atomic mass is 10.1. The monoisotopic (exact) mass is 358 g/mol. The Morgan fingerprint density at radius 1 is 1.08 bits per heavy atom. The molecule has 2 aromatic carbocycles. The second kappa shape index (κ2) is 6.84. The van der Waals surface area contributed by atoms with Gasteiger partial charge in [0.15, 0.2) is 11.5 Å². The standard InChI is InChI=1S/C15H10N4O7/c20-15(9-1-3-11(4-2-9)18(21)22)17-16-7-10-5-13-14(26-8-25-13)6-12(10)19(23)24/h1-7H,8H2,(H,17,20). The zero-order valence-electron chi connectivity index (χ0n) is 12.9. The van der Waals surface area contributed by atoms with Gasteiger partial charge in [0, 0.05) is 17.7 Å². The zero-order chi connectivity index (χ0) is 18.7. The van der Waals surface area contributed by atoms with E-state index in [1.54, 1.807) is 0 Å². The second-order valence-electron chi connectivity index (χ2n) is 5.02. The smallest absolute Gasteiger partial charge is 0.282 e. The number of nitro groups is 2. The van der Waals surface area contributed by atoms with E-state index in [0.29, 0.717) is 5.75 Å². The first-order valence-corrected chi connectivity index (χ1v) is 7.11. The van der Waals surface area contributed by atoms with Gasteiger partial charge >= 0.3 is 0 Å². The van der Waals surface area contributed by atoms with E-state index in [-0.39, 0.29) is 35.0 Å². The lowest BCUT2D eigenvalue weighted by Gasteiger charge is -2.01. The van der Waals surface area contributed by atoms with Gasteiger partial charge in [0.25, 0.3) is 17.3 Å². The van der Waals surface area contributed by atoms with Crippen molar-refractivity contribution in [2.45, 2.75) is 0 Å². The molecule has 1 amide bonds. The minimum Gasteiger partial charge on any atom is -0.454 e. The van der Waals surface area contributed by atoms with Gasteiger partial charge in [-0.1, -0.05) is 0 Å². The minimum atomic E-state index is -0.625. The molecule has 1 N–H and O–H groups in total. The Hall–Kier alpha value is -4.02. The highest BCUT2D eigenvalue weighted by Gasteiger charge is 2.22. The van der Waals surface area contributed by atoms with Crippen LogP contribution in [0.2, 0.25) is 0 Å². The summed E-state index contributed by atoms with van der Waals surface area (Å²) in [6.07, 6.45) is 1.10. The predicted octanol–water partition coefficient (Wildman–Crippen LogP) is 2.00. The molecule has 132 valence electrons. The number of non-ortho nitro benzene ring substituents is 1. The Bertz CT molecular complexity index is 924. The van der Waals surface area contributed by atoms with Crippen LogP contribution in [-0.4, -0.2) is 28.8 Å². The molecule has 0 unspecified atom stereocenters. The van der Waals surface area contributed by atoms with Gasteiger partial charge in [-0.05, 0) is 18.2 Å². The molecule has 0 saturated carbocycles. The molecule has 2 aromatic rings. The molecular weight excluding hydrogens is 348 g/mol. The summed E-state index contributed by atoms with van der Waals surface area (Å²) in [5.41, 5.74) is 2.04. The average Bonchev–Trinajstić information content (AvgIpc) is 3.08. The van der Waals surface area contributed by atoms with Crippen LogP contribution < -0.4 is 14.9 Å². The zero-order valence-corrected chi connectivity index (χ0v) is 12.9. The summed E-state index contributed by atoms with van der Waals surface area (Å²) in [6, 6.07) is 7.49. The molecule has 0 aliphatic carbocycles. The van der Waals surface area contributed by atoms with Gasteiger partial charge in [-0.25, -0.2) is 5.43 Å². The van der Waals surface area contributed by atoms with E-state index < -0.39 is 15.8 Å². The number of nitro benzene ring substituents is 2. The molecule has 0 spiro atoms. The normalized spacial score (nSPS) is 12.2. The van der Waals surface area contributed by atoms with E-state index in [9.17, 15) is 25.0 Å². The molecule has 11 nitrogen and oxygen atoms in total. The number of rotatable bonds is 5. The van der Waals surface area contributed by atoms with Crippen LogP contribution in [0.3, 0.4) is 0 Å². The van der Waals surface area contributed by atoms with Crippen LogP contribution in [0.1, 0.15) is 15.9 Å². The van der Waals surface area contributed by atoms with Crippen molar-refractivity contribution in [3.8, 4) is 11.5 Å². The van der Waals surface area contributed by atoms with Crippen molar-refractivity contribution in [3.05, 3.63) is 67.8 Å². The predicted molar refractivity (Wildman–Crippen MR) is 87.4 cm³/mol. The van der Waals surface area contributed by atoms with Crippen molar-refractivity contribution in [2.24, 2.45) is 5.10 Å². The first-order chi connectivity index (χ1) is 12.5. The summed E-state index contributed by atoms with van der Waals surface area (Å²) in [5.74, 6) is -0.0398. The molecule has 0 atom stereocenters. The van der Waals surface area contributed by atoms with E-state index in [1.807, 2.05) is 0 Å². The van der Waals surface area contributed by atoms with Gasteiger partial charge in [0.05, 0.1) is 27.7 Å². The van der Waals surface area contributed by atoms with E-state index in [4.69, 9.17) is 9.47 Å². The molecule has 0 aromatic heterocycles. The summed E-state index contributed by atoms with van der Waals surface area (Å²) in [5, 5.41) is 25.4. The maximum absolute atomic E-state index is 11.9. The molecule has 0 bridgehead atoms. The molecule has 0 saturated heterocycles. The third kappa shape index (κ3) is 3.40. The number of benzene rings is 2. The maximum atomic E-state index is 11.9. The molecule has 0 fully saturated rings. The van der Waals surface area contributed by atoms with Crippen molar-refractivity contribution in [1.29, 1.82) is 0 Å². The summed E-state index contributed by atoms with van der Waals surface area (Å²) >= 11 is 0. The number of fused-ring (bicyclic) bond motifs is 1. The van der Waals surface area contributed by atoms with Crippen molar-refractivity contribution in [2.75, 3.05) is 6.79 Å². The molecule has 1 aliphatic heterocycles. The average molecular weight is 358 g/mol. The van der Waals surface area contributed by atoms with E-state index in [1.165, 1.54) is 36.4 Å². The number of ether oxygens (including phenoxy) is 2. The lowest BCUT2D eigenvalue weighted by molar-refractivity contribution is -0.385. The number of hydrogen-bond donors (Lipinski definition) is 1. The fourth-order valence-corrected chi connectivity index (χ4v) is 2.17. The summed E-state index contributed by atoms with van der Waals surface area (Å²) in [6.45, 7) is -0.0377. The number of nitrogens with one attached hydrogen (secondary N) is 1. The highest BCUT2D eigenvalue weighted by atomic mass is 16.7. The van der Waals surface area contributed by atoms with Gasteiger partial charge in [0.2, 0.25) is 6.79 Å². The number of nitrogens with zero attached hydrogens (tertiary/aromatic N) is 3. The van der Waals surface area contributed by atoms with Crippen LogP contribution in [-0.2, 0) is 0 Å². The van der Waals surface area contributed by atoms with Gasteiger partial charge in [-0.3, -0.25) is 25.0 Å². The van der Waals surface area contributed by atoms with Crippen LogP contribution in [0.15, 0.2) is 41.5 Å². The van der Waals surface area contributed by atoms with Crippen molar-refractivity contribution >= 4 is 23.5 Å². The van der Waals surface area contributed by atoms with Gasteiger partial charge in [0.1, 0.15) is 0 Å². The van der Waals surface area contributed by atoms with E-state index in [2.05, 4.69) is 10.5 Å². The highest BCUT2D eigenvalue weighted by molar-refractivity contribution is 5.95. The number of carbonyl (C=O) groups excluding carboxylic acids is 1. The maximum Gasteiger partial charge on any atom is 0.282 e. The molecule has 1 heterocycles. The van der Waals surface area contributed by atoms with Crippen molar-refractivity contribution < 1.29 is 24.1 Å². The van der Waals surface area contributed by atoms with Gasteiger partial charge in [-0.15, -0.1) is 0 Å². The summed E-state index contributed by atoms with van der Waals surface area (Å²) in [7, 11) is 0. The van der Waals surface area contributed by atoms with Crippen LogP contribution >= 0.6 is 0 Å². The molecular formula is C15H10N4O7. The molecule has 11 heteroatoms. The summed E-state index contributed by atoms with van der Waals surface area (Å²) in [4.78, 5) is 32.5. The van der Waals surface area contributed by atoms with Crippen LogP contribution in [0.4, 0.5) is 11.4 Å². The largest absolute Gasteiger partial charge is 0.454 e. The molecule has 26 heavy (non-hydrogen) atoms. The third-order valence-corrected chi connectivity index (χ3v) is 3.43. The Kier molecular flexibility index (Phi) is 4.43. The Morgan fingerprint density at radius 3 is 2.35 bits per heavy atom. The van der Waals surface area contributed by atoms with Crippen LogP contribution in [0, 0.1) is 20.2 Å². The third-order valence-electron chi connectivity index (χ3n) is 3.43. The Balaban J connectivity index is 1.75. The number of hydrazone groups is 1. The first kappa shape index (κ1) is 16.8. The van der Waals surface area contributed by atoms with Gasteiger partial charge < -0.3 is 9.47 Å². The minimum absolute atomic E-state index is 0.0377. The molecule has 1 aliphatic rings. The highest BCUT2D eigenvalue weighted by Crippen LogP contribution is 2.37. The van der Waals surface area contributed by atoms with Crippen LogP contribution in [0.5, 0.6) is 11.5 Å². The molecule has 0 radical (unpaired) electrons. The second-order valence-corrected chi connectivity index (χ2v) is 5.02. The fraction of sp³-hybridized carbons (Fsp3) is 0.0667. The Labute approximate surface area is 145 Å². The lowest BCUT2D eigenvalue weighted by Crippen LogP contribution is -2.17. The number of amides is 1. The van der Waals surface area contributed by atoms with E-state index in [0.717, 1.165) is 6.21 Å².